The summed E-state index contributed by atoms with van der Waals surface area (Å²) in [6, 6.07) is 0. The summed E-state index contributed by atoms with van der Waals surface area (Å²) < 4.78 is 0. The number of carbonyl (C=O) groups is 1. The van der Waals surface area contributed by atoms with Crippen molar-refractivity contribution in [1.82, 2.24) is 15.5 Å². The van der Waals surface area contributed by atoms with E-state index in [0.717, 1.165) is 32.5 Å². The zero-order valence-electron chi connectivity index (χ0n) is 14.1. The van der Waals surface area contributed by atoms with Crippen molar-refractivity contribution >= 4 is 30.7 Å². The third-order valence-electron chi connectivity index (χ3n) is 5.86. The SMILES string of the molecule is Cl.Cl.O=C(NCC1(N2CCCC2)CCCCC1)C1CCNCC1. The molecule has 0 atom stereocenters. The van der Waals surface area contributed by atoms with Crippen LogP contribution in [0.2, 0.25) is 0 Å². The second-order valence-electron chi connectivity index (χ2n) is 7.22. The fourth-order valence-electron chi connectivity index (χ4n) is 4.49. The molecule has 1 aliphatic carbocycles. The van der Waals surface area contributed by atoms with E-state index in [1.807, 2.05) is 0 Å². The molecule has 136 valence electrons. The van der Waals surface area contributed by atoms with Crippen LogP contribution in [0.1, 0.15) is 57.8 Å². The number of hydrogen-bond donors (Lipinski definition) is 2. The molecule has 3 rings (SSSR count). The molecule has 0 aromatic heterocycles. The van der Waals surface area contributed by atoms with Crippen LogP contribution >= 0.6 is 24.8 Å². The minimum absolute atomic E-state index is 0. The molecule has 2 heterocycles. The summed E-state index contributed by atoms with van der Waals surface area (Å²) in [5.41, 5.74) is 0.275. The first-order valence-corrected chi connectivity index (χ1v) is 9.04. The molecular formula is C17H33Cl2N3O. The summed E-state index contributed by atoms with van der Waals surface area (Å²) in [6.45, 7) is 5.35. The van der Waals surface area contributed by atoms with Gasteiger partial charge in [-0.05, 0) is 64.7 Å². The second kappa shape index (κ2) is 10.1. The van der Waals surface area contributed by atoms with Gasteiger partial charge in [-0.3, -0.25) is 9.69 Å². The first-order valence-electron chi connectivity index (χ1n) is 9.04. The molecule has 23 heavy (non-hydrogen) atoms. The molecule has 0 aromatic rings. The number of piperidine rings is 1. The average molecular weight is 366 g/mol. The van der Waals surface area contributed by atoms with Crippen LogP contribution in [0.25, 0.3) is 0 Å². The molecule has 2 N–H and O–H groups in total. The topological polar surface area (TPSA) is 44.4 Å². The van der Waals surface area contributed by atoms with E-state index in [1.54, 1.807) is 0 Å². The smallest absolute Gasteiger partial charge is 0.223 e. The Balaban J connectivity index is 0.00000132. The lowest BCUT2D eigenvalue weighted by Crippen LogP contribution is -2.56. The Labute approximate surface area is 153 Å². The standard InChI is InChI=1S/C17H31N3O.2ClH/c21-16(15-6-10-18-11-7-15)19-14-17(8-2-1-3-9-17)20-12-4-5-13-20;;/h15,18H,1-14H2,(H,19,21);2*1H. The Morgan fingerprint density at radius 2 is 1.61 bits per heavy atom. The third-order valence-corrected chi connectivity index (χ3v) is 5.86. The maximum Gasteiger partial charge on any atom is 0.223 e. The van der Waals surface area contributed by atoms with Crippen molar-refractivity contribution in [3.8, 4) is 0 Å². The number of likely N-dealkylation sites (tertiary alicyclic amines) is 1. The molecule has 0 aromatic carbocycles. The fourth-order valence-corrected chi connectivity index (χ4v) is 4.49. The lowest BCUT2D eigenvalue weighted by Gasteiger charge is -2.45. The van der Waals surface area contributed by atoms with Crippen LogP contribution in [0, 0.1) is 5.92 Å². The van der Waals surface area contributed by atoms with Crippen LogP contribution in [0.4, 0.5) is 0 Å². The Hall–Kier alpha value is -0.0300. The van der Waals surface area contributed by atoms with E-state index < -0.39 is 0 Å². The van der Waals surface area contributed by atoms with E-state index in [2.05, 4.69) is 15.5 Å². The first kappa shape index (κ1) is 21.0. The molecule has 4 nitrogen and oxygen atoms in total. The number of nitrogens with one attached hydrogen (secondary N) is 2. The minimum atomic E-state index is 0. The van der Waals surface area contributed by atoms with Crippen LogP contribution < -0.4 is 10.6 Å². The van der Waals surface area contributed by atoms with Gasteiger partial charge in [0.25, 0.3) is 0 Å². The molecule has 0 unspecified atom stereocenters. The second-order valence-corrected chi connectivity index (χ2v) is 7.22. The Morgan fingerprint density at radius 1 is 1.00 bits per heavy atom. The van der Waals surface area contributed by atoms with Gasteiger partial charge in [0.05, 0.1) is 0 Å². The number of rotatable bonds is 4. The Bertz CT molecular complexity index is 350. The van der Waals surface area contributed by atoms with Gasteiger partial charge in [0, 0.05) is 18.0 Å². The zero-order chi connectivity index (χ0) is 14.5. The van der Waals surface area contributed by atoms with Gasteiger partial charge < -0.3 is 10.6 Å². The van der Waals surface area contributed by atoms with Crippen molar-refractivity contribution in [2.45, 2.75) is 63.3 Å². The quantitative estimate of drug-likeness (QED) is 0.804. The lowest BCUT2D eigenvalue weighted by atomic mass is 9.80. The van der Waals surface area contributed by atoms with Crippen molar-refractivity contribution < 1.29 is 4.79 Å². The molecule has 0 radical (unpaired) electrons. The number of nitrogens with zero attached hydrogens (tertiary/aromatic N) is 1. The van der Waals surface area contributed by atoms with Gasteiger partial charge in [0.1, 0.15) is 0 Å². The van der Waals surface area contributed by atoms with Crippen LogP contribution in [0.3, 0.4) is 0 Å². The van der Waals surface area contributed by atoms with Crippen LogP contribution in [-0.4, -0.2) is 49.1 Å². The van der Waals surface area contributed by atoms with Gasteiger partial charge in [0.2, 0.25) is 5.91 Å². The summed E-state index contributed by atoms with van der Waals surface area (Å²) in [5.74, 6) is 0.547. The predicted molar refractivity (Wildman–Crippen MR) is 99.7 cm³/mol. The predicted octanol–water partition coefficient (Wildman–Crippen LogP) is 2.74. The molecule has 2 saturated heterocycles. The maximum atomic E-state index is 12.4. The van der Waals surface area contributed by atoms with Gasteiger partial charge in [-0.25, -0.2) is 0 Å². The van der Waals surface area contributed by atoms with Gasteiger partial charge in [-0.15, -0.1) is 24.8 Å². The zero-order valence-corrected chi connectivity index (χ0v) is 15.8. The van der Waals surface area contributed by atoms with Gasteiger partial charge in [-0.1, -0.05) is 19.3 Å². The number of halogens is 2. The van der Waals surface area contributed by atoms with Crippen molar-refractivity contribution in [2.24, 2.45) is 5.92 Å². The molecular weight excluding hydrogens is 333 g/mol. The molecule has 2 aliphatic heterocycles. The highest BCUT2D eigenvalue weighted by Gasteiger charge is 2.39. The largest absolute Gasteiger partial charge is 0.354 e. The van der Waals surface area contributed by atoms with Crippen molar-refractivity contribution in [2.75, 3.05) is 32.7 Å². The van der Waals surface area contributed by atoms with E-state index in [0.29, 0.717) is 5.91 Å². The van der Waals surface area contributed by atoms with E-state index >= 15 is 0 Å². The Kier molecular flexibility index (Phi) is 9.20. The summed E-state index contributed by atoms with van der Waals surface area (Å²) in [7, 11) is 0. The molecule has 0 spiro atoms. The van der Waals surface area contributed by atoms with Gasteiger partial charge >= 0.3 is 0 Å². The van der Waals surface area contributed by atoms with E-state index in [1.165, 1.54) is 58.0 Å². The van der Waals surface area contributed by atoms with Crippen LogP contribution in [-0.2, 0) is 4.79 Å². The highest BCUT2D eigenvalue weighted by Crippen LogP contribution is 2.35. The highest BCUT2D eigenvalue weighted by molar-refractivity contribution is 5.85. The minimum Gasteiger partial charge on any atom is -0.354 e. The molecule has 6 heteroatoms. The number of amides is 1. The van der Waals surface area contributed by atoms with E-state index in [-0.39, 0.29) is 36.3 Å². The van der Waals surface area contributed by atoms with Gasteiger partial charge in [-0.2, -0.15) is 0 Å². The molecule has 0 bridgehead atoms. The maximum absolute atomic E-state index is 12.4. The van der Waals surface area contributed by atoms with Crippen molar-refractivity contribution in [3.63, 3.8) is 0 Å². The fraction of sp³-hybridized carbons (Fsp3) is 0.941. The highest BCUT2D eigenvalue weighted by atomic mass is 35.5. The Morgan fingerprint density at radius 3 is 2.22 bits per heavy atom. The van der Waals surface area contributed by atoms with Crippen LogP contribution in [0.5, 0.6) is 0 Å². The molecule has 1 amide bonds. The summed E-state index contributed by atoms with van der Waals surface area (Å²) in [4.78, 5) is 15.1. The number of hydrogen-bond acceptors (Lipinski definition) is 3. The summed E-state index contributed by atoms with van der Waals surface area (Å²) in [6.07, 6.45) is 11.3. The first-order chi connectivity index (χ1) is 10.3. The van der Waals surface area contributed by atoms with Crippen molar-refractivity contribution in [1.29, 1.82) is 0 Å². The van der Waals surface area contributed by atoms with Crippen LogP contribution in [0.15, 0.2) is 0 Å². The normalized spacial score (nSPS) is 25.2. The van der Waals surface area contributed by atoms with E-state index in [4.69, 9.17) is 0 Å². The molecule has 3 aliphatic rings. The number of carbonyl (C=O) groups excluding carboxylic acids is 1. The monoisotopic (exact) mass is 365 g/mol. The molecule has 3 fully saturated rings. The third kappa shape index (κ3) is 5.22. The summed E-state index contributed by atoms with van der Waals surface area (Å²) in [5, 5.41) is 6.67. The van der Waals surface area contributed by atoms with Crippen molar-refractivity contribution in [3.05, 3.63) is 0 Å². The van der Waals surface area contributed by atoms with E-state index in [9.17, 15) is 4.79 Å². The summed E-state index contributed by atoms with van der Waals surface area (Å²) >= 11 is 0. The van der Waals surface area contributed by atoms with Gasteiger partial charge in [0.15, 0.2) is 0 Å². The molecule has 1 saturated carbocycles. The lowest BCUT2D eigenvalue weighted by molar-refractivity contribution is -0.126. The average Bonchev–Trinajstić information content (AvgIpc) is 3.09.